The van der Waals surface area contributed by atoms with Gasteiger partial charge in [0.15, 0.2) is 0 Å². The van der Waals surface area contributed by atoms with Crippen LogP contribution in [0.3, 0.4) is 0 Å². The second-order valence-corrected chi connectivity index (χ2v) is 8.76. The van der Waals surface area contributed by atoms with Gasteiger partial charge in [-0.05, 0) is 32.8 Å². The van der Waals surface area contributed by atoms with Crippen molar-refractivity contribution in [3.8, 4) is 0 Å². The number of hydrogen-bond donors (Lipinski definition) is 2. The van der Waals surface area contributed by atoms with Crippen molar-refractivity contribution < 1.29 is 38.2 Å². The van der Waals surface area contributed by atoms with Crippen molar-refractivity contribution in [1.82, 2.24) is 15.5 Å². The summed E-state index contributed by atoms with van der Waals surface area (Å²) in [6.45, 7) is 4.99. The number of methoxy groups -OCH3 is 1. The number of benzene rings is 1. The van der Waals surface area contributed by atoms with E-state index in [0.29, 0.717) is 0 Å². The first-order valence-corrected chi connectivity index (χ1v) is 11.2. The second-order valence-electron chi connectivity index (χ2n) is 8.76. The zero-order valence-electron chi connectivity index (χ0n) is 20.9. The third-order valence-corrected chi connectivity index (χ3v) is 4.52. The van der Waals surface area contributed by atoms with Crippen LogP contribution in [0.1, 0.15) is 45.6 Å². The van der Waals surface area contributed by atoms with Gasteiger partial charge in [0.2, 0.25) is 11.8 Å². The summed E-state index contributed by atoms with van der Waals surface area (Å²) in [5.41, 5.74) is 0.161. The maximum atomic E-state index is 12.4. The summed E-state index contributed by atoms with van der Waals surface area (Å²) in [5, 5.41) is 4.94. The molecule has 2 N–H and O–H groups in total. The van der Waals surface area contributed by atoms with Crippen LogP contribution in [0.25, 0.3) is 0 Å². The van der Waals surface area contributed by atoms with E-state index in [9.17, 15) is 24.0 Å². The fraction of sp³-hybridized carbons (Fsp3) is 0.542. The highest BCUT2D eigenvalue weighted by molar-refractivity contribution is 5.86. The van der Waals surface area contributed by atoms with Gasteiger partial charge in [0.25, 0.3) is 0 Å². The van der Waals surface area contributed by atoms with Crippen molar-refractivity contribution in [2.75, 3.05) is 27.2 Å². The molecule has 1 rings (SSSR count). The highest BCUT2D eigenvalue weighted by Crippen LogP contribution is 2.07. The molecular formula is C24H35N3O8. The van der Waals surface area contributed by atoms with Crippen LogP contribution in [0, 0.1) is 0 Å². The van der Waals surface area contributed by atoms with Gasteiger partial charge in [0, 0.05) is 26.4 Å². The number of esters is 2. The molecule has 0 heterocycles. The zero-order chi connectivity index (χ0) is 26.4. The standard InChI is InChI=1S/C24H35N3O8/c1-24(2,3)35-23(32)25-14-13-19(28)26-18(22(31)33-5)11-12-20(29)27(4)15-21(30)34-16-17-9-7-6-8-10-17/h6-10,18H,11-16H2,1-5H3,(H,25,32)(H,26,28). The van der Waals surface area contributed by atoms with Crippen molar-refractivity contribution >= 4 is 29.8 Å². The first-order valence-electron chi connectivity index (χ1n) is 11.2. The Morgan fingerprint density at radius 1 is 1.03 bits per heavy atom. The molecule has 1 aromatic rings. The Hall–Kier alpha value is -3.63. The van der Waals surface area contributed by atoms with Crippen LogP contribution in [-0.4, -0.2) is 73.6 Å². The number of hydrogen-bond acceptors (Lipinski definition) is 8. The summed E-state index contributed by atoms with van der Waals surface area (Å²) in [7, 11) is 2.61. The van der Waals surface area contributed by atoms with E-state index < -0.39 is 41.5 Å². The quantitative estimate of drug-likeness (QED) is 0.330. The number of rotatable bonds is 12. The van der Waals surface area contributed by atoms with Crippen LogP contribution < -0.4 is 10.6 Å². The molecule has 0 fully saturated rings. The Morgan fingerprint density at radius 2 is 1.69 bits per heavy atom. The van der Waals surface area contributed by atoms with Gasteiger partial charge in [0.05, 0.1) is 7.11 Å². The average molecular weight is 494 g/mol. The number of carbonyl (C=O) groups excluding carboxylic acids is 5. The fourth-order valence-corrected chi connectivity index (χ4v) is 2.77. The Balaban J connectivity index is 2.44. The molecule has 1 unspecified atom stereocenters. The van der Waals surface area contributed by atoms with Crippen LogP contribution in [0.4, 0.5) is 4.79 Å². The normalized spacial score (nSPS) is 11.6. The van der Waals surface area contributed by atoms with E-state index in [-0.39, 0.29) is 39.0 Å². The van der Waals surface area contributed by atoms with Crippen molar-refractivity contribution in [3.63, 3.8) is 0 Å². The molecule has 11 heteroatoms. The van der Waals surface area contributed by atoms with E-state index in [1.165, 1.54) is 19.1 Å². The zero-order valence-corrected chi connectivity index (χ0v) is 20.9. The van der Waals surface area contributed by atoms with Crippen LogP contribution in [0.5, 0.6) is 0 Å². The third-order valence-electron chi connectivity index (χ3n) is 4.52. The predicted octanol–water partition coefficient (Wildman–Crippen LogP) is 1.54. The third kappa shape index (κ3) is 13.0. The average Bonchev–Trinajstić information content (AvgIpc) is 2.79. The molecule has 194 valence electrons. The summed E-state index contributed by atoms with van der Waals surface area (Å²) in [6, 6.07) is 8.08. The van der Waals surface area contributed by atoms with E-state index in [1.807, 2.05) is 30.3 Å². The Kier molecular flexibility index (Phi) is 12.3. The van der Waals surface area contributed by atoms with Crippen LogP contribution in [0.15, 0.2) is 30.3 Å². The minimum atomic E-state index is -1.06. The molecule has 0 aliphatic rings. The molecule has 0 saturated carbocycles. The molecule has 0 aromatic heterocycles. The van der Waals surface area contributed by atoms with Crippen molar-refractivity contribution in [2.24, 2.45) is 0 Å². The van der Waals surface area contributed by atoms with E-state index in [0.717, 1.165) is 5.56 Å². The Morgan fingerprint density at radius 3 is 2.29 bits per heavy atom. The molecule has 0 spiro atoms. The van der Waals surface area contributed by atoms with Gasteiger partial charge in [0.1, 0.15) is 24.8 Å². The van der Waals surface area contributed by atoms with E-state index in [2.05, 4.69) is 10.6 Å². The summed E-state index contributed by atoms with van der Waals surface area (Å²) in [5.74, 6) is -2.20. The van der Waals surface area contributed by atoms with Crippen LogP contribution in [0.2, 0.25) is 0 Å². The summed E-state index contributed by atoms with van der Waals surface area (Å²) in [4.78, 5) is 61.5. The lowest BCUT2D eigenvalue weighted by Crippen LogP contribution is -2.44. The van der Waals surface area contributed by atoms with E-state index in [4.69, 9.17) is 14.2 Å². The van der Waals surface area contributed by atoms with Gasteiger partial charge in [-0.1, -0.05) is 30.3 Å². The number of ether oxygens (including phenoxy) is 3. The Bertz CT molecular complexity index is 867. The molecule has 0 saturated heterocycles. The first kappa shape index (κ1) is 29.4. The molecule has 11 nitrogen and oxygen atoms in total. The smallest absolute Gasteiger partial charge is 0.407 e. The van der Waals surface area contributed by atoms with Gasteiger partial charge in [-0.25, -0.2) is 9.59 Å². The molecular weight excluding hydrogens is 458 g/mol. The second kappa shape index (κ2) is 14.6. The van der Waals surface area contributed by atoms with Crippen molar-refractivity contribution in [2.45, 2.75) is 58.3 Å². The minimum absolute atomic E-state index is 0.00139. The van der Waals surface area contributed by atoms with Crippen molar-refractivity contribution in [3.05, 3.63) is 35.9 Å². The lowest BCUT2D eigenvalue weighted by Gasteiger charge is -2.20. The van der Waals surface area contributed by atoms with Gasteiger partial charge in [-0.3, -0.25) is 14.4 Å². The van der Waals surface area contributed by atoms with Crippen LogP contribution >= 0.6 is 0 Å². The SMILES string of the molecule is COC(=O)C(CCC(=O)N(C)CC(=O)OCc1ccccc1)NC(=O)CCNC(=O)OC(C)(C)C. The van der Waals surface area contributed by atoms with Crippen molar-refractivity contribution in [1.29, 1.82) is 0 Å². The molecule has 0 aliphatic carbocycles. The monoisotopic (exact) mass is 493 g/mol. The van der Waals surface area contributed by atoms with E-state index in [1.54, 1.807) is 20.8 Å². The predicted molar refractivity (Wildman–Crippen MR) is 126 cm³/mol. The maximum absolute atomic E-state index is 12.4. The Labute approximate surface area is 205 Å². The number of carbonyl (C=O) groups is 5. The lowest BCUT2D eigenvalue weighted by molar-refractivity contribution is -0.150. The molecule has 0 bridgehead atoms. The highest BCUT2D eigenvalue weighted by Gasteiger charge is 2.24. The number of likely N-dealkylation sites (N-methyl/N-ethyl adjacent to an activating group) is 1. The molecule has 1 aromatic carbocycles. The number of nitrogens with zero attached hydrogens (tertiary/aromatic N) is 1. The highest BCUT2D eigenvalue weighted by atomic mass is 16.6. The van der Waals surface area contributed by atoms with Gasteiger partial charge in [-0.2, -0.15) is 0 Å². The number of nitrogens with one attached hydrogen (secondary N) is 2. The van der Waals surface area contributed by atoms with E-state index >= 15 is 0 Å². The maximum Gasteiger partial charge on any atom is 0.407 e. The molecule has 35 heavy (non-hydrogen) atoms. The fourth-order valence-electron chi connectivity index (χ4n) is 2.77. The molecule has 3 amide bonds. The van der Waals surface area contributed by atoms with Gasteiger partial charge < -0.3 is 29.7 Å². The lowest BCUT2D eigenvalue weighted by atomic mass is 10.1. The van der Waals surface area contributed by atoms with Crippen LogP contribution in [-0.2, 0) is 40.0 Å². The summed E-state index contributed by atoms with van der Waals surface area (Å²) in [6.07, 6.45) is -0.905. The van der Waals surface area contributed by atoms with Gasteiger partial charge >= 0.3 is 18.0 Å². The topological polar surface area (TPSA) is 140 Å². The summed E-state index contributed by atoms with van der Waals surface area (Å²) < 4.78 is 14.9. The minimum Gasteiger partial charge on any atom is -0.467 e. The molecule has 1 atom stereocenters. The molecule has 0 radical (unpaired) electrons. The van der Waals surface area contributed by atoms with Gasteiger partial charge in [-0.15, -0.1) is 0 Å². The number of amides is 3. The molecule has 0 aliphatic heterocycles. The summed E-state index contributed by atoms with van der Waals surface area (Å²) >= 11 is 0. The largest absolute Gasteiger partial charge is 0.467 e. The number of alkyl carbamates (subject to hydrolysis) is 1. The first-order chi connectivity index (χ1) is 16.4.